The number of alkyl halides is 3. The maximum absolute atomic E-state index is 12.7. The highest BCUT2D eigenvalue weighted by Crippen LogP contribution is 2.34. The zero-order valence-corrected chi connectivity index (χ0v) is 11.5. The summed E-state index contributed by atoms with van der Waals surface area (Å²) in [5.74, 6) is 0. The van der Waals surface area contributed by atoms with E-state index in [4.69, 9.17) is 0 Å². The molecule has 5 heteroatoms. The fourth-order valence-corrected chi connectivity index (χ4v) is 2.09. The summed E-state index contributed by atoms with van der Waals surface area (Å²) >= 11 is 0. The molecule has 0 saturated carbocycles. The third kappa shape index (κ3) is 4.42. The third-order valence-corrected chi connectivity index (χ3v) is 3.00. The molecule has 1 aliphatic rings. The Kier molecular flexibility index (Phi) is 5.66. The third-order valence-electron chi connectivity index (χ3n) is 3.00. The summed E-state index contributed by atoms with van der Waals surface area (Å²) in [6.45, 7) is 3.22. The van der Waals surface area contributed by atoms with Gasteiger partial charge in [-0.15, -0.1) is 0 Å². The fraction of sp³-hybridized carbons (Fsp3) is 0.571. The van der Waals surface area contributed by atoms with Gasteiger partial charge in [0.2, 0.25) is 0 Å². The van der Waals surface area contributed by atoms with Gasteiger partial charge in [-0.25, -0.2) is 0 Å². The van der Waals surface area contributed by atoms with Gasteiger partial charge in [0.05, 0.1) is 5.56 Å². The average Bonchev–Trinajstić information content (AvgIpc) is 2.82. The van der Waals surface area contributed by atoms with E-state index in [-0.39, 0.29) is 5.56 Å². The minimum atomic E-state index is -4.25. The van der Waals surface area contributed by atoms with Crippen molar-refractivity contribution < 1.29 is 17.9 Å². The second kappa shape index (κ2) is 6.80. The zero-order valence-electron chi connectivity index (χ0n) is 11.5. The van der Waals surface area contributed by atoms with Crippen LogP contribution in [0.4, 0.5) is 18.9 Å². The first-order valence-electron chi connectivity index (χ1n) is 6.23. The molecule has 0 radical (unpaired) electrons. The molecular weight excluding hydrogens is 255 g/mol. The number of aryl methyl sites for hydroxylation is 1. The highest BCUT2D eigenvalue weighted by atomic mass is 19.4. The Bertz CT molecular complexity index is 398. The Balaban J connectivity index is 0.000000550. The van der Waals surface area contributed by atoms with E-state index in [2.05, 4.69) is 4.74 Å². The molecule has 0 N–H and O–H groups in total. The normalized spacial score (nSPS) is 15.2. The SMILES string of the molecule is COC.Cc1ccc(N2CCCC2)cc1C(F)(F)F. The predicted molar refractivity (Wildman–Crippen MR) is 70.6 cm³/mol. The largest absolute Gasteiger partial charge is 0.416 e. The highest BCUT2D eigenvalue weighted by molar-refractivity contribution is 5.52. The molecule has 0 spiro atoms. The Morgan fingerprint density at radius 3 is 2.11 bits per heavy atom. The Morgan fingerprint density at radius 1 is 1.11 bits per heavy atom. The number of benzene rings is 1. The summed E-state index contributed by atoms with van der Waals surface area (Å²) < 4.78 is 42.3. The van der Waals surface area contributed by atoms with Crippen LogP contribution in [0.2, 0.25) is 0 Å². The number of nitrogens with zero attached hydrogens (tertiary/aromatic N) is 1. The first-order valence-corrected chi connectivity index (χ1v) is 6.23. The quantitative estimate of drug-likeness (QED) is 0.771. The molecule has 1 aromatic carbocycles. The number of hydrogen-bond acceptors (Lipinski definition) is 2. The van der Waals surface area contributed by atoms with E-state index in [1.807, 2.05) is 4.90 Å². The molecule has 0 amide bonds. The summed E-state index contributed by atoms with van der Waals surface area (Å²) in [5.41, 5.74) is 0.461. The van der Waals surface area contributed by atoms with Crippen LogP contribution < -0.4 is 4.90 Å². The van der Waals surface area contributed by atoms with Crippen molar-refractivity contribution in [2.75, 3.05) is 32.2 Å². The molecule has 1 aromatic rings. The van der Waals surface area contributed by atoms with Gasteiger partial charge in [0.15, 0.2) is 0 Å². The van der Waals surface area contributed by atoms with Crippen molar-refractivity contribution in [3.8, 4) is 0 Å². The van der Waals surface area contributed by atoms with Crippen LogP contribution in [0, 0.1) is 6.92 Å². The summed E-state index contributed by atoms with van der Waals surface area (Å²) in [7, 11) is 3.25. The molecule has 0 aromatic heterocycles. The molecule has 2 nitrogen and oxygen atoms in total. The van der Waals surface area contributed by atoms with E-state index >= 15 is 0 Å². The molecule has 19 heavy (non-hydrogen) atoms. The summed E-state index contributed by atoms with van der Waals surface area (Å²) in [5, 5.41) is 0. The Hall–Kier alpha value is -1.23. The van der Waals surface area contributed by atoms with Crippen LogP contribution in [0.5, 0.6) is 0 Å². The first-order chi connectivity index (χ1) is 8.90. The topological polar surface area (TPSA) is 12.5 Å². The van der Waals surface area contributed by atoms with Gasteiger partial charge >= 0.3 is 6.18 Å². The number of rotatable bonds is 1. The maximum Gasteiger partial charge on any atom is 0.416 e. The number of methoxy groups -OCH3 is 1. The van der Waals surface area contributed by atoms with E-state index in [0.29, 0.717) is 5.69 Å². The van der Waals surface area contributed by atoms with E-state index in [1.165, 1.54) is 13.0 Å². The van der Waals surface area contributed by atoms with Crippen LogP contribution in [-0.4, -0.2) is 27.3 Å². The molecule has 1 heterocycles. The van der Waals surface area contributed by atoms with Crippen LogP contribution in [-0.2, 0) is 10.9 Å². The predicted octanol–water partition coefficient (Wildman–Crippen LogP) is 3.88. The maximum atomic E-state index is 12.7. The number of anilines is 1. The van der Waals surface area contributed by atoms with Gasteiger partial charge in [-0.05, 0) is 37.5 Å². The Morgan fingerprint density at radius 2 is 1.63 bits per heavy atom. The van der Waals surface area contributed by atoms with E-state index in [1.54, 1.807) is 26.4 Å². The van der Waals surface area contributed by atoms with Crippen molar-refractivity contribution in [3.05, 3.63) is 29.3 Å². The Labute approximate surface area is 112 Å². The molecule has 108 valence electrons. The van der Waals surface area contributed by atoms with Crippen LogP contribution in [0.3, 0.4) is 0 Å². The second-order valence-corrected chi connectivity index (χ2v) is 4.60. The second-order valence-electron chi connectivity index (χ2n) is 4.60. The molecule has 0 aliphatic carbocycles. The molecule has 0 bridgehead atoms. The van der Waals surface area contributed by atoms with Gasteiger partial charge in [0.1, 0.15) is 0 Å². The summed E-state index contributed by atoms with van der Waals surface area (Å²) in [4.78, 5) is 2.01. The lowest BCUT2D eigenvalue weighted by atomic mass is 10.1. The van der Waals surface area contributed by atoms with Gasteiger partial charge in [0.25, 0.3) is 0 Å². The monoisotopic (exact) mass is 275 g/mol. The van der Waals surface area contributed by atoms with Crippen molar-refractivity contribution in [2.24, 2.45) is 0 Å². The average molecular weight is 275 g/mol. The van der Waals surface area contributed by atoms with Crippen LogP contribution in [0.25, 0.3) is 0 Å². The fourth-order valence-electron chi connectivity index (χ4n) is 2.09. The minimum Gasteiger partial charge on any atom is -0.388 e. The number of ether oxygens (including phenoxy) is 1. The van der Waals surface area contributed by atoms with E-state index in [9.17, 15) is 13.2 Å². The van der Waals surface area contributed by atoms with Crippen molar-refractivity contribution >= 4 is 5.69 Å². The van der Waals surface area contributed by atoms with Gasteiger partial charge in [-0.2, -0.15) is 13.2 Å². The van der Waals surface area contributed by atoms with Crippen molar-refractivity contribution in [1.29, 1.82) is 0 Å². The van der Waals surface area contributed by atoms with E-state index < -0.39 is 11.7 Å². The van der Waals surface area contributed by atoms with Gasteiger partial charge in [-0.1, -0.05) is 6.07 Å². The van der Waals surface area contributed by atoms with Gasteiger partial charge < -0.3 is 9.64 Å². The molecule has 1 saturated heterocycles. The van der Waals surface area contributed by atoms with E-state index in [0.717, 1.165) is 25.9 Å². The molecular formula is C14H20F3NO. The summed E-state index contributed by atoms with van der Waals surface area (Å²) in [6.07, 6.45) is -2.12. The molecule has 2 rings (SSSR count). The van der Waals surface area contributed by atoms with Gasteiger partial charge in [0, 0.05) is 33.0 Å². The van der Waals surface area contributed by atoms with Crippen LogP contribution >= 0.6 is 0 Å². The van der Waals surface area contributed by atoms with Crippen molar-refractivity contribution in [3.63, 3.8) is 0 Å². The smallest absolute Gasteiger partial charge is 0.388 e. The highest BCUT2D eigenvalue weighted by Gasteiger charge is 2.33. The lowest BCUT2D eigenvalue weighted by Gasteiger charge is -2.20. The molecule has 1 aliphatic heterocycles. The van der Waals surface area contributed by atoms with Gasteiger partial charge in [-0.3, -0.25) is 0 Å². The molecule has 0 atom stereocenters. The van der Waals surface area contributed by atoms with Crippen molar-refractivity contribution in [2.45, 2.75) is 25.9 Å². The van der Waals surface area contributed by atoms with Crippen LogP contribution in [0.1, 0.15) is 24.0 Å². The lowest BCUT2D eigenvalue weighted by Crippen LogP contribution is -2.18. The minimum absolute atomic E-state index is 0.287. The summed E-state index contributed by atoms with van der Waals surface area (Å²) in [6, 6.07) is 4.59. The zero-order chi connectivity index (χ0) is 14.5. The standard InChI is InChI=1S/C12H14F3N.C2H6O/c1-9-4-5-10(16-6-2-3-7-16)8-11(9)12(13,14)15;1-3-2/h4-5,8H,2-3,6-7H2,1H3;1-2H3. The molecule has 0 unspecified atom stereocenters. The lowest BCUT2D eigenvalue weighted by molar-refractivity contribution is -0.138. The number of halogens is 3. The van der Waals surface area contributed by atoms with Crippen LogP contribution in [0.15, 0.2) is 18.2 Å². The molecule has 1 fully saturated rings. The number of hydrogen-bond donors (Lipinski definition) is 0. The first kappa shape index (κ1) is 15.8. The van der Waals surface area contributed by atoms with Crippen molar-refractivity contribution in [1.82, 2.24) is 0 Å².